The van der Waals surface area contributed by atoms with E-state index < -0.39 is 22.0 Å². The Bertz CT molecular complexity index is 210. The smallest absolute Gasteiger partial charge is 0.274 e. The lowest BCUT2D eigenvalue weighted by Crippen LogP contribution is -2.38. The van der Waals surface area contributed by atoms with Gasteiger partial charge in [-0.1, -0.05) is 34.8 Å². The van der Waals surface area contributed by atoms with Crippen LogP contribution in [0.1, 0.15) is 0 Å². The molecule has 1 aliphatic heterocycles. The second-order valence-electron chi connectivity index (χ2n) is 2.79. The van der Waals surface area contributed by atoms with E-state index in [9.17, 15) is 9.18 Å². The van der Waals surface area contributed by atoms with Crippen LogP contribution in [-0.2, 0) is 4.79 Å². The van der Waals surface area contributed by atoms with E-state index in [0.29, 0.717) is 0 Å². The fraction of sp³-hybridized carbons (Fsp3) is 0.833. The summed E-state index contributed by atoms with van der Waals surface area (Å²) in [6.07, 6.45) is -2.65. The van der Waals surface area contributed by atoms with Crippen LogP contribution in [0.5, 0.6) is 0 Å². The van der Waals surface area contributed by atoms with E-state index >= 15 is 0 Å². The molecule has 1 heterocycles. The molecule has 1 N–H and O–H groups in total. The molecule has 1 aliphatic rings. The van der Waals surface area contributed by atoms with Crippen molar-refractivity contribution in [2.45, 2.75) is 16.1 Å². The van der Waals surface area contributed by atoms with Crippen molar-refractivity contribution in [3.8, 4) is 0 Å². The Balaban J connectivity index is 2.61. The first kappa shape index (κ1) is 11.3. The van der Waals surface area contributed by atoms with Crippen molar-refractivity contribution in [1.29, 1.82) is 0 Å². The molecule has 0 aliphatic carbocycles. The van der Waals surface area contributed by atoms with Gasteiger partial charge in [-0.2, -0.15) is 0 Å². The van der Waals surface area contributed by atoms with Crippen LogP contribution < -0.4 is 0 Å². The maximum absolute atomic E-state index is 12.7. The molecule has 76 valence electrons. The summed E-state index contributed by atoms with van der Waals surface area (Å²) in [5.74, 6) is -0.809. The van der Waals surface area contributed by atoms with Crippen molar-refractivity contribution in [2.24, 2.45) is 0 Å². The van der Waals surface area contributed by atoms with E-state index in [0.717, 1.165) is 4.90 Å². The molecular formula is C6H7Cl3FNO2. The maximum Gasteiger partial charge on any atom is 0.274 e. The Morgan fingerprint density at radius 3 is 2.31 bits per heavy atom. The van der Waals surface area contributed by atoms with Crippen LogP contribution in [0.3, 0.4) is 0 Å². The Morgan fingerprint density at radius 2 is 2.00 bits per heavy atom. The van der Waals surface area contributed by atoms with Gasteiger partial charge in [0.15, 0.2) is 0 Å². The van der Waals surface area contributed by atoms with E-state index in [-0.39, 0.29) is 13.1 Å². The third-order valence-corrected chi connectivity index (χ3v) is 2.23. The summed E-state index contributed by atoms with van der Waals surface area (Å²) in [6, 6.07) is 0. The Hall–Kier alpha value is 0.230. The van der Waals surface area contributed by atoms with Crippen LogP contribution in [0, 0.1) is 0 Å². The molecule has 1 amide bonds. The Kier molecular flexibility index (Phi) is 3.28. The molecule has 13 heavy (non-hydrogen) atoms. The number of amides is 1. The highest BCUT2D eigenvalue weighted by Gasteiger charge is 2.41. The molecule has 0 aromatic rings. The van der Waals surface area contributed by atoms with Crippen molar-refractivity contribution < 1.29 is 14.3 Å². The monoisotopic (exact) mass is 249 g/mol. The first-order valence-corrected chi connectivity index (χ1v) is 4.64. The third kappa shape index (κ3) is 2.59. The zero-order chi connectivity index (χ0) is 10.2. The lowest BCUT2D eigenvalue weighted by atomic mass is 10.3. The number of aliphatic hydroxyl groups excluding tert-OH is 1. The average Bonchev–Trinajstić information content (AvgIpc) is 2.29. The zero-order valence-corrected chi connectivity index (χ0v) is 8.65. The predicted molar refractivity (Wildman–Crippen MR) is 47.8 cm³/mol. The van der Waals surface area contributed by atoms with Gasteiger partial charge in [-0.05, 0) is 0 Å². The van der Waals surface area contributed by atoms with Gasteiger partial charge in [0.25, 0.3) is 9.70 Å². The number of hydrogen-bond acceptors (Lipinski definition) is 2. The highest BCUT2D eigenvalue weighted by atomic mass is 35.6. The molecule has 3 nitrogen and oxygen atoms in total. The van der Waals surface area contributed by atoms with Gasteiger partial charge in [0.2, 0.25) is 0 Å². The van der Waals surface area contributed by atoms with Gasteiger partial charge in [-0.15, -0.1) is 0 Å². The van der Waals surface area contributed by atoms with E-state index in [1.165, 1.54) is 0 Å². The number of rotatable bonds is 0. The van der Waals surface area contributed by atoms with Crippen LogP contribution in [0.25, 0.3) is 0 Å². The summed E-state index contributed by atoms with van der Waals surface area (Å²) in [5, 5.41) is 8.98. The second kappa shape index (κ2) is 3.77. The summed E-state index contributed by atoms with van der Waals surface area (Å²) in [5.41, 5.74) is 0. The van der Waals surface area contributed by atoms with Crippen LogP contribution in [0.2, 0.25) is 0 Å². The molecular weight excluding hydrogens is 243 g/mol. The standard InChI is InChI=1S/C6H7Cl3FNO2/c7-6(8,9)5(13)11-1-3(10)4(12)2-11/h3-4,12H,1-2H2/t3-,4-/m0/s1. The molecule has 0 bridgehead atoms. The predicted octanol–water partition coefficient (Wildman–Crippen LogP) is 0.898. The first-order valence-electron chi connectivity index (χ1n) is 3.50. The Morgan fingerprint density at radius 1 is 1.46 bits per heavy atom. The van der Waals surface area contributed by atoms with Gasteiger partial charge in [0, 0.05) is 6.54 Å². The molecule has 1 fully saturated rings. The number of hydrogen-bond donors (Lipinski definition) is 1. The number of halogens is 4. The molecule has 0 aromatic carbocycles. The summed E-state index contributed by atoms with van der Waals surface area (Å²) in [7, 11) is 0. The van der Waals surface area contributed by atoms with Gasteiger partial charge in [-0.25, -0.2) is 4.39 Å². The molecule has 0 spiro atoms. The maximum atomic E-state index is 12.7. The number of carbonyl (C=O) groups excluding carboxylic acids is 1. The van der Waals surface area contributed by atoms with E-state index in [1.54, 1.807) is 0 Å². The summed E-state index contributed by atoms with van der Waals surface area (Å²) < 4.78 is 10.7. The van der Waals surface area contributed by atoms with Gasteiger partial charge >= 0.3 is 0 Å². The van der Waals surface area contributed by atoms with Gasteiger partial charge in [0.05, 0.1) is 6.54 Å². The van der Waals surface area contributed by atoms with E-state index in [2.05, 4.69) is 0 Å². The SMILES string of the molecule is O=C(N1C[C@H](O)[C@@H](F)C1)C(Cl)(Cl)Cl. The summed E-state index contributed by atoms with van der Waals surface area (Å²) >= 11 is 15.9. The molecule has 0 aromatic heterocycles. The average molecular weight is 250 g/mol. The molecule has 0 saturated carbocycles. The fourth-order valence-corrected chi connectivity index (χ4v) is 1.45. The molecule has 0 unspecified atom stereocenters. The number of alkyl halides is 4. The van der Waals surface area contributed by atoms with E-state index in [1.807, 2.05) is 0 Å². The quantitative estimate of drug-likeness (QED) is 0.649. The number of carbonyl (C=O) groups is 1. The topological polar surface area (TPSA) is 40.5 Å². The van der Waals surface area contributed by atoms with Crippen LogP contribution in [-0.4, -0.2) is 45.1 Å². The first-order chi connectivity index (χ1) is 5.82. The summed E-state index contributed by atoms with van der Waals surface area (Å²) in [4.78, 5) is 12.2. The van der Waals surface area contributed by atoms with Crippen LogP contribution in [0.4, 0.5) is 4.39 Å². The molecule has 1 rings (SSSR count). The number of β-amino-alcohol motifs (C(OH)–C–C–N with tert-alkyl or cyclic N) is 1. The second-order valence-corrected chi connectivity index (χ2v) is 5.07. The molecule has 7 heteroatoms. The largest absolute Gasteiger partial charge is 0.388 e. The van der Waals surface area contributed by atoms with Crippen molar-refractivity contribution in [3.63, 3.8) is 0 Å². The lowest BCUT2D eigenvalue weighted by Gasteiger charge is -2.19. The van der Waals surface area contributed by atoms with Gasteiger partial charge in [-0.3, -0.25) is 4.79 Å². The Labute approximate surface area is 89.3 Å². The summed E-state index contributed by atoms with van der Waals surface area (Å²) in [6.45, 7) is -0.359. The number of aliphatic hydroxyl groups is 1. The molecule has 2 atom stereocenters. The normalized spacial score (nSPS) is 29.5. The van der Waals surface area contributed by atoms with Crippen LogP contribution >= 0.6 is 34.8 Å². The zero-order valence-electron chi connectivity index (χ0n) is 6.38. The molecule has 1 saturated heterocycles. The fourth-order valence-electron chi connectivity index (χ4n) is 1.09. The van der Waals surface area contributed by atoms with Crippen molar-refractivity contribution in [1.82, 2.24) is 4.90 Å². The van der Waals surface area contributed by atoms with Gasteiger partial charge in [0.1, 0.15) is 12.3 Å². The minimum atomic E-state index is -2.08. The third-order valence-electron chi connectivity index (χ3n) is 1.75. The number of likely N-dealkylation sites (tertiary alicyclic amines) is 1. The highest BCUT2D eigenvalue weighted by Crippen LogP contribution is 2.30. The minimum Gasteiger partial charge on any atom is -0.388 e. The highest BCUT2D eigenvalue weighted by molar-refractivity contribution is 6.76. The molecule has 0 radical (unpaired) electrons. The minimum absolute atomic E-state index is 0.131. The van der Waals surface area contributed by atoms with E-state index in [4.69, 9.17) is 39.9 Å². The lowest BCUT2D eigenvalue weighted by molar-refractivity contribution is -0.129. The van der Waals surface area contributed by atoms with Gasteiger partial charge < -0.3 is 10.0 Å². The van der Waals surface area contributed by atoms with Crippen molar-refractivity contribution >= 4 is 40.7 Å². The number of nitrogens with zero attached hydrogens (tertiary/aromatic N) is 1. The van der Waals surface area contributed by atoms with Crippen molar-refractivity contribution in [3.05, 3.63) is 0 Å². The van der Waals surface area contributed by atoms with Crippen LogP contribution in [0.15, 0.2) is 0 Å². The van der Waals surface area contributed by atoms with Crippen molar-refractivity contribution in [2.75, 3.05) is 13.1 Å².